The molecule has 0 aromatic heterocycles. The van der Waals surface area contributed by atoms with E-state index in [1.807, 2.05) is 6.92 Å². The van der Waals surface area contributed by atoms with Crippen molar-refractivity contribution < 1.29 is 29.4 Å². The highest BCUT2D eigenvalue weighted by Crippen LogP contribution is 2.55. The fraction of sp³-hybridized carbons (Fsp3) is 0.942. The van der Waals surface area contributed by atoms with Crippen LogP contribution in [0, 0.1) is 72.9 Å². The van der Waals surface area contributed by atoms with Crippen LogP contribution in [0.4, 0.5) is 0 Å². The topological polar surface area (TPSA) is 166 Å². The number of halogens is 1. The van der Waals surface area contributed by atoms with Crippen LogP contribution in [0.25, 0.3) is 6.15 Å². The number of alkyl halides is 1. The molecule has 0 saturated heterocycles. The molecule has 0 aromatic rings. The zero-order valence-electron chi connectivity index (χ0n) is 62.3. The number of aliphatic carboxylic acids is 1. The first kappa shape index (κ1) is 80.5. The maximum Gasteiger partial charge on any atom is 0.306 e. The second-order valence-electron chi connectivity index (χ2n) is 36.6. The van der Waals surface area contributed by atoms with Crippen molar-refractivity contribution in [3.8, 4) is 6.07 Å². The molecule has 7 spiro atoms. The molecule has 0 aliphatic heterocycles. The minimum atomic E-state index is -0.573. The number of carbonyl (C=O) groups excluding carboxylic acids is 3. The van der Waals surface area contributed by atoms with E-state index in [0.717, 1.165) is 62.7 Å². The number of ketones is 3. The summed E-state index contributed by atoms with van der Waals surface area (Å²) in [4.78, 5) is 44.7. The molecule has 9 heteroatoms. The third kappa shape index (κ3) is 25.9. The van der Waals surface area contributed by atoms with E-state index in [-0.39, 0.29) is 17.7 Å². The first-order valence-electron chi connectivity index (χ1n) is 41.8. The summed E-state index contributed by atoms with van der Waals surface area (Å²) in [5, 5.41) is 28.0. The van der Waals surface area contributed by atoms with Crippen molar-refractivity contribution in [2.45, 2.75) is 449 Å². The monoisotopic (exact) mass is 1340 g/mol. The van der Waals surface area contributed by atoms with Gasteiger partial charge in [0.1, 0.15) is 17.3 Å². The van der Waals surface area contributed by atoms with Crippen LogP contribution in [0.3, 0.4) is 0 Å². The second kappa shape index (κ2) is 39.6. The SMILES string of the molecule is CC(=O)C1CCC2(CCCCC2)CC1.CC(Cl)C1CCC2(CCCCC2)CC1.CC1(O)CCC2(CCCCC2)CC1.N#CC1CCC2(CCCCC2)CC1.O=C(O)C1CCC2(CCCCC2)CC1.O=C1CCCC2(CCCCC2)CC1.O=C1CCCC2(CCCCC2)CC1.[NH2-]. The van der Waals surface area contributed by atoms with E-state index in [4.69, 9.17) is 22.0 Å². The van der Waals surface area contributed by atoms with Gasteiger partial charge in [0.25, 0.3) is 0 Å². The molecule has 8 nitrogen and oxygen atoms in total. The Labute approximate surface area is 589 Å². The van der Waals surface area contributed by atoms with Crippen molar-refractivity contribution in [3.05, 3.63) is 6.15 Å². The Hall–Kier alpha value is -1.82. The number of nitrogens with two attached hydrogens (primary N) is 1. The van der Waals surface area contributed by atoms with Crippen molar-refractivity contribution in [1.29, 1.82) is 5.26 Å². The van der Waals surface area contributed by atoms with E-state index in [1.165, 1.54) is 366 Å². The van der Waals surface area contributed by atoms with Crippen molar-refractivity contribution >= 4 is 34.9 Å². The fourth-order valence-electron chi connectivity index (χ4n) is 22.7. The largest absolute Gasteiger partial charge is 0.693 e. The third-order valence-corrected chi connectivity index (χ3v) is 30.3. The summed E-state index contributed by atoms with van der Waals surface area (Å²) in [6.07, 6.45) is 85.5. The van der Waals surface area contributed by atoms with Crippen LogP contribution in [0.5, 0.6) is 0 Å². The Morgan fingerprint density at radius 1 is 0.379 bits per heavy atom. The van der Waals surface area contributed by atoms with Gasteiger partial charge in [0.15, 0.2) is 0 Å². The van der Waals surface area contributed by atoms with E-state index in [1.54, 1.807) is 6.92 Å². The van der Waals surface area contributed by atoms with Gasteiger partial charge in [-0.25, -0.2) is 0 Å². The number of carbonyl (C=O) groups is 4. The van der Waals surface area contributed by atoms with Gasteiger partial charge in [-0.15, -0.1) is 11.6 Å². The Morgan fingerprint density at radius 3 is 0.905 bits per heavy atom. The van der Waals surface area contributed by atoms with Gasteiger partial charge in [-0.05, 0) is 321 Å². The van der Waals surface area contributed by atoms with Gasteiger partial charge in [-0.1, -0.05) is 135 Å². The standard InChI is InChI=1S/C13H23Cl.C13H22O.C12H19N.C12H20O2.C12H22O.2C12H20O.H2N/c2*1-11(14)12-5-9-13(10-6-12)7-3-2-4-8-13;13-10-11-4-8-12(9-5-11)6-2-1-3-7-12;13-11(14)10-4-8-12(9-5-10)6-2-1-3-7-12;1-11(13)7-9-12(10-8-11)5-3-2-4-6-12;2*13-11-5-4-9-12(10-6-11)7-2-1-3-8-12;/h11-12H,2-10H2,1H3;12H,2-10H2,1H3;11H,1-9H2;10H,1-9H2,(H,13,14);13H,2-10H2,1H3;2*1-10H2;1H2/q;;;;;;;-1. The lowest BCUT2D eigenvalue weighted by Crippen LogP contribution is -2.37. The molecule has 14 aliphatic carbocycles. The summed E-state index contributed by atoms with van der Waals surface area (Å²) >= 11 is 6.18. The van der Waals surface area contributed by atoms with E-state index in [0.29, 0.717) is 67.1 Å². The van der Waals surface area contributed by atoms with Crippen molar-refractivity contribution in [2.75, 3.05) is 0 Å². The predicted octanol–water partition coefficient (Wildman–Crippen LogP) is 26.3. The fourth-order valence-corrected chi connectivity index (χ4v) is 23.0. The molecule has 14 aliphatic rings. The summed E-state index contributed by atoms with van der Waals surface area (Å²) < 4.78 is 0. The molecule has 0 amide bonds. The Balaban J connectivity index is 0.000000156. The highest BCUT2D eigenvalue weighted by molar-refractivity contribution is 6.20. The average molecular weight is 1340 g/mol. The first-order valence-corrected chi connectivity index (χ1v) is 42.2. The summed E-state index contributed by atoms with van der Waals surface area (Å²) in [5.41, 5.74) is 4.19. The van der Waals surface area contributed by atoms with Gasteiger partial charge in [-0.3, -0.25) is 19.2 Å². The van der Waals surface area contributed by atoms with E-state index in [2.05, 4.69) is 13.0 Å². The minimum absolute atomic E-state index is 0. The summed E-state index contributed by atoms with van der Waals surface area (Å²) in [6, 6.07) is 2.43. The zero-order valence-corrected chi connectivity index (χ0v) is 63.0. The predicted molar refractivity (Wildman–Crippen MR) is 396 cm³/mol. The van der Waals surface area contributed by atoms with Gasteiger partial charge in [0.2, 0.25) is 0 Å². The summed E-state index contributed by atoms with van der Waals surface area (Å²) in [7, 11) is 0. The van der Waals surface area contributed by atoms with Crippen LogP contribution in [0.2, 0.25) is 0 Å². The molecule has 14 saturated carbocycles. The zero-order chi connectivity index (χ0) is 66.9. The van der Waals surface area contributed by atoms with Crippen molar-refractivity contribution in [3.63, 3.8) is 0 Å². The third-order valence-electron chi connectivity index (χ3n) is 30.0. The maximum absolute atomic E-state index is 11.3. The van der Waals surface area contributed by atoms with Crippen LogP contribution in [0.15, 0.2) is 0 Å². The number of aliphatic hydroxyl groups is 1. The lowest BCUT2D eigenvalue weighted by molar-refractivity contribution is -0.144. The Kier molecular flexibility index (Phi) is 33.5. The maximum atomic E-state index is 11.3. The van der Waals surface area contributed by atoms with E-state index in [9.17, 15) is 24.3 Å². The van der Waals surface area contributed by atoms with Gasteiger partial charge in [0, 0.05) is 42.9 Å². The van der Waals surface area contributed by atoms with E-state index < -0.39 is 5.97 Å². The van der Waals surface area contributed by atoms with Crippen LogP contribution in [-0.4, -0.2) is 44.5 Å². The van der Waals surface area contributed by atoms with Crippen LogP contribution < -0.4 is 0 Å². The number of Topliss-reactive ketones (excluding diaryl/α,β-unsaturated/α-hetero) is 3. The quantitative estimate of drug-likeness (QED) is 0.265. The van der Waals surface area contributed by atoms with Gasteiger partial charge in [0.05, 0.1) is 17.6 Å². The Bertz CT molecular complexity index is 2130. The van der Waals surface area contributed by atoms with E-state index >= 15 is 0 Å². The lowest BCUT2D eigenvalue weighted by Gasteiger charge is -2.45. The molecule has 546 valence electrons. The Morgan fingerprint density at radius 2 is 0.632 bits per heavy atom. The highest BCUT2D eigenvalue weighted by Gasteiger charge is 2.43. The smallest absolute Gasteiger partial charge is 0.306 e. The lowest BCUT2D eigenvalue weighted by atomic mass is 9.62. The molecule has 1 atom stereocenters. The first-order chi connectivity index (χ1) is 45.2. The molecule has 14 rings (SSSR count). The number of carboxylic acid groups (broad SMARTS) is 1. The molecule has 0 aromatic carbocycles. The van der Waals surface area contributed by atoms with Crippen LogP contribution in [-0.2, 0) is 19.2 Å². The number of hydrogen-bond acceptors (Lipinski definition) is 6. The van der Waals surface area contributed by atoms with Crippen LogP contribution >= 0.6 is 11.6 Å². The average Bonchev–Trinajstić information content (AvgIpc) is 1.84. The molecule has 0 bridgehead atoms. The molecule has 4 N–H and O–H groups in total. The molecule has 0 heterocycles. The number of nitriles is 1. The van der Waals surface area contributed by atoms with Crippen molar-refractivity contribution in [1.82, 2.24) is 0 Å². The second-order valence-corrected chi connectivity index (χ2v) is 37.3. The number of nitrogens with zero attached hydrogens (tertiary/aromatic N) is 1. The number of hydrogen-bond donors (Lipinski definition) is 2. The summed E-state index contributed by atoms with van der Waals surface area (Å²) in [5.74, 6) is 2.44. The van der Waals surface area contributed by atoms with Crippen LogP contribution in [0.1, 0.15) is 438 Å². The highest BCUT2D eigenvalue weighted by atomic mass is 35.5. The summed E-state index contributed by atoms with van der Waals surface area (Å²) in [6.45, 7) is 5.94. The molecular weight excluding hydrogens is 1190 g/mol. The van der Waals surface area contributed by atoms with Crippen molar-refractivity contribution in [2.24, 2.45) is 61.6 Å². The number of carboxylic acids is 1. The van der Waals surface area contributed by atoms with Gasteiger partial charge in [-0.2, -0.15) is 5.26 Å². The number of rotatable bonds is 3. The minimum Gasteiger partial charge on any atom is -0.693 e. The van der Waals surface area contributed by atoms with Gasteiger partial charge >= 0.3 is 5.97 Å². The molecule has 0 radical (unpaired) electrons. The molecule has 95 heavy (non-hydrogen) atoms. The normalized spacial score (nSPS) is 31.5. The molecule has 1 unspecified atom stereocenters. The van der Waals surface area contributed by atoms with Gasteiger partial charge < -0.3 is 16.4 Å². The molecule has 14 fully saturated rings. The molecular formula is C86H148ClN2O6-.